The number of anilines is 1. The first-order valence-corrected chi connectivity index (χ1v) is 7.80. The fraction of sp³-hybridized carbons (Fsp3) is 0.471. The summed E-state index contributed by atoms with van der Waals surface area (Å²) in [5.41, 5.74) is 9.17. The number of benzene rings is 1. The van der Waals surface area contributed by atoms with Crippen LogP contribution in [-0.4, -0.2) is 5.78 Å². The third-order valence-electron chi connectivity index (χ3n) is 5.02. The van der Waals surface area contributed by atoms with Gasteiger partial charge in [0, 0.05) is 11.8 Å². The Bertz CT molecular complexity index is 680. The van der Waals surface area contributed by atoms with Crippen LogP contribution in [-0.2, 0) is 11.2 Å². The second-order valence-electron chi connectivity index (χ2n) is 6.24. The molecule has 3 rings (SSSR count). The number of fused-ring (bicyclic) bond motifs is 3. The molecule has 0 radical (unpaired) electrons. The van der Waals surface area contributed by atoms with Crippen molar-refractivity contribution in [3.8, 4) is 0 Å². The Morgan fingerprint density at radius 1 is 1.48 bits per heavy atom. The first-order chi connectivity index (χ1) is 9.91. The summed E-state index contributed by atoms with van der Waals surface area (Å²) in [6.45, 7) is 4.00. The van der Waals surface area contributed by atoms with Gasteiger partial charge in [-0.25, -0.2) is 4.39 Å². The van der Waals surface area contributed by atoms with Crippen molar-refractivity contribution in [2.75, 3.05) is 5.73 Å². The molecule has 112 valence electrons. The Kier molecular flexibility index (Phi) is 3.36. The topological polar surface area (TPSA) is 43.1 Å². The van der Waals surface area contributed by atoms with Crippen LogP contribution >= 0.6 is 11.6 Å². The van der Waals surface area contributed by atoms with Crippen LogP contribution in [0.2, 0.25) is 5.02 Å². The third kappa shape index (κ3) is 1.94. The summed E-state index contributed by atoms with van der Waals surface area (Å²) in [7, 11) is 0. The first kappa shape index (κ1) is 14.6. The Hall–Kier alpha value is -1.35. The molecular weight excluding hydrogens is 289 g/mol. The summed E-state index contributed by atoms with van der Waals surface area (Å²) in [5, 5.41) is 0.322. The maximum atomic E-state index is 14.0. The van der Waals surface area contributed by atoms with Gasteiger partial charge in [-0.15, -0.1) is 0 Å². The highest BCUT2D eigenvalue weighted by Gasteiger charge is 2.46. The van der Waals surface area contributed by atoms with Gasteiger partial charge in [0.2, 0.25) is 0 Å². The minimum atomic E-state index is -0.496. The van der Waals surface area contributed by atoms with Gasteiger partial charge in [0.1, 0.15) is 5.82 Å². The largest absolute Gasteiger partial charge is 0.395 e. The van der Waals surface area contributed by atoms with Crippen molar-refractivity contribution >= 4 is 28.6 Å². The molecular formula is C17H19ClFNO. The van der Waals surface area contributed by atoms with E-state index in [1.807, 2.05) is 6.92 Å². The van der Waals surface area contributed by atoms with Crippen LogP contribution in [0.3, 0.4) is 0 Å². The van der Waals surface area contributed by atoms with E-state index in [0.29, 0.717) is 11.4 Å². The molecule has 0 aliphatic heterocycles. The van der Waals surface area contributed by atoms with Crippen LogP contribution in [0.25, 0.3) is 5.57 Å². The van der Waals surface area contributed by atoms with Crippen molar-refractivity contribution in [2.24, 2.45) is 5.41 Å². The number of allylic oxidation sites excluding steroid dienone is 2. The van der Waals surface area contributed by atoms with Gasteiger partial charge in [-0.1, -0.05) is 24.9 Å². The molecule has 1 atom stereocenters. The van der Waals surface area contributed by atoms with E-state index in [1.165, 1.54) is 6.07 Å². The van der Waals surface area contributed by atoms with E-state index in [2.05, 4.69) is 6.92 Å². The minimum absolute atomic E-state index is 0.0188. The molecule has 1 aromatic rings. The summed E-state index contributed by atoms with van der Waals surface area (Å²) >= 11 is 6.28. The monoisotopic (exact) mass is 307 g/mol. The van der Waals surface area contributed by atoms with Crippen LogP contribution in [0.15, 0.2) is 11.6 Å². The van der Waals surface area contributed by atoms with E-state index in [0.717, 1.165) is 48.0 Å². The molecule has 4 heteroatoms. The average molecular weight is 308 g/mol. The molecule has 2 nitrogen and oxygen atoms in total. The lowest BCUT2D eigenvalue weighted by Gasteiger charge is -2.35. The number of hydrogen-bond acceptors (Lipinski definition) is 2. The van der Waals surface area contributed by atoms with Crippen LogP contribution in [0.5, 0.6) is 0 Å². The highest BCUT2D eigenvalue weighted by Crippen LogP contribution is 2.58. The average Bonchev–Trinajstić information content (AvgIpc) is 2.77. The summed E-state index contributed by atoms with van der Waals surface area (Å²) in [6, 6.07) is 1.46. The first-order valence-electron chi connectivity index (χ1n) is 7.42. The van der Waals surface area contributed by atoms with Crippen molar-refractivity contribution in [3.05, 3.63) is 33.6 Å². The van der Waals surface area contributed by atoms with E-state index >= 15 is 0 Å². The standard InChI is InChI=1S/C17H19ClFNO/c1-3-5-17-6-4-13(21)9(2)14(17)10-7-12(19)16(20)15(18)11(10)8-17/h7H,3-6,8,20H2,1-2H3. The Balaban J connectivity index is 2.30. The van der Waals surface area contributed by atoms with Crippen molar-refractivity contribution < 1.29 is 9.18 Å². The normalized spacial score (nSPS) is 24.3. The number of halogens is 2. The minimum Gasteiger partial charge on any atom is -0.395 e. The van der Waals surface area contributed by atoms with Gasteiger partial charge in [0.25, 0.3) is 0 Å². The molecule has 0 fully saturated rings. The predicted octanol–water partition coefficient (Wildman–Crippen LogP) is 4.54. The SMILES string of the molecule is CCCC12CCC(=O)C(C)=C1c1cc(F)c(N)c(Cl)c1C2. The third-order valence-corrected chi connectivity index (χ3v) is 5.45. The Morgan fingerprint density at radius 3 is 2.86 bits per heavy atom. The Labute approximate surface area is 129 Å². The van der Waals surface area contributed by atoms with E-state index < -0.39 is 5.82 Å². The molecule has 0 spiro atoms. The number of hydrogen-bond donors (Lipinski definition) is 1. The zero-order valence-electron chi connectivity index (χ0n) is 12.4. The van der Waals surface area contributed by atoms with Gasteiger partial charge >= 0.3 is 0 Å². The number of ketones is 1. The lowest BCUT2D eigenvalue weighted by atomic mass is 9.67. The van der Waals surface area contributed by atoms with E-state index in [1.54, 1.807) is 0 Å². The van der Waals surface area contributed by atoms with E-state index in [4.69, 9.17) is 17.3 Å². The van der Waals surface area contributed by atoms with Gasteiger partial charge in [0.05, 0.1) is 10.7 Å². The smallest absolute Gasteiger partial charge is 0.158 e. The van der Waals surface area contributed by atoms with Gasteiger partial charge in [0.15, 0.2) is 5.78 Å². The van der Waals surface area contributed by atoms with Crippen LogP contribution in [0.4, 0.5) is 10.1 Å². The van der Waals surface area contributed by atoms with Crippen LogP contribution in [0, 0.1) is 11.2 Å². The molecule has 0 amide bonds. The molecule has 0 saturated heterocycles. The molecule has 0 heterocycles. The summed E-state index contributed by atoms with van der Waals surface area (Å²) in [5.74, 6) is -0.331. The van der Waals surface area contributed by atoms with Gasteiger partial charge in [-0.2, -0.15) is 0 Å². The molecule has 0 bridgehead atoms. The predicted molar refractivity (Wildman–Crippen MR) is 83.7 cm³/mol. The second kappa shape index (κ2) is 4.84. The Morgan fingerprint density at radius 2 is 2.19 bits per heavy atom. The number of nitrogen functional groups attached to an aromatic ring is 1. The maximum Gasteiger partial charge on any atom is 0.158 e. The molecule has 2 aliphatic carbocycles. The zero-order valence-corrected chi connectivity index (χ0v) is 13.1. The van der Waals surface area contributed by atoms with Crippen molar-refractivity contribution in [3.63, 3.8) is 0 Å². The summed E-state index contributed by atoms with van der Waals surface area (Å²) in [4.78, 5) is 12.1. The quantitative estimate of drug-likeness (QED) is 0.815. The maximum absolute atomic E-state index is 14.0. The molecule has 21 heavy (non-hydrogen) atoms. The molecule has 2 N–H and O–H groups in total. The number of nitrogens with two attached hydrogens (primary N) is 1. The van der Waals surface area contributed by atoms with Crippen molar-refractivity contribution in [2.45, 2.75) is 46.0 Å². The highest BCUT2D eigenvalue weighted by atomic mass is 35.5. The van der Waals surface area contributed by atoms with Gasteiger partial charge in [-0.05, 0) is 54.5 Å². The second-order valence-corrected chi connectivity index (χ2v) is 6.62. The van der Waals surface area contributed by atoms with Crippen molar-refractivity contribution in [1.82, 2.24) is 0 Å². The van der Waals surface area contributed by atoms with Gasteiger partial charge < -0.3 is 5.73 Å². The zero-order chi connectivity index (χ0) is 15.4. The molecule has 0 aromatic heterocycles. The number of rotatable bonds is 2. The van der Waals surface area contributed by atoms with E-state index in [9.17, 15) is 9.18 Å². The molecule has 1 unspecified atom stereocenters. The fourth-order valence-electron chi connectivity index (χ4n) is 4.10. The van der Waals surface area contributed by atoms with Crippen LogP contribution in [0.1, 0.15) is 50.7 Å². The van der Waals surface area contributed by atoms with Crippen molar-refractivity contribution in [1.29, 1.82) is 0 Å². The highest BCUT2D eigenvalue weighted by molar-refractivity contribution is 6.34. The molecule has 0 saturated carbocycles. The number of Topliss-reactive ketones (excluding diaryl/α,β-unsaturated/α-hetero) is 1. The molecule has 2 aliphatic rings. The number of carbonyl (C=O) groups is 1. The fourth-order valence-corrected chi connectivity index (χ4v) is 4.35. The van der Waals surface area contributed by atoms with Gasteiger partial charge in [-0.3, -0.25) is 4.79 Å². The summed E-state index contributed by atoms with van der Waals surface area (Å²) in [6.07, 6.45) is 4.16. The number of carbonyl (C=O) groups excluding carboxylic acids is 1. The lowest BCUT2D eigenvalue weighted by molar-refractivity contribution is -0.116. The summed E-state index contributed by atoms with van der Waals surface area (Å²) < 4.78 is 14.0. The lowest BCUT2D eigenvalue weighted by Crippen LogP contribution is -2.27. The van der Waals surface area contributed by atoms with E-state index in [-0.39, 0.29) is 16.9 Å². The molecule has 1 aromatic carbocycles. The van der Waals surface area contributed by atoms with Crippen LogP contribution < -0.4 is 5.73 Å².